The monoisotopic (exact) mass is 339 g/mol. The maximum absolute atomic E-state index is 5.59. The quantitative estimate of drug-likeness (QED) is 0.829. The summed E-state index contributed by atoms with van der Waals surface area (Å²) in [5.41, 5.74) is 1.23. The van der Waals surface area contributed by atoms with Crippen molar-refractivity contribution in [2.24, 2.45) is 0 Å². The lowest BCUT2D eigenvalue weighted by molar-refractivity contribution is 0.339. The van der Waals surface area contributed by atoms with E-state index >= 15 is 0 Å². The van der Waals surface area contributed by atoms with Crippen molar-refractivity contribution >= 4 is 27.3 Å². The van der Waals surface area contributed by atoms with Crippen LogP contribution in [0, 0.1) is 0 Å². The van der Waals surface area contributed by atoms with E-state index in [0.29, 0.717) is 6.61 Å². The maximum atomic E-state index is 5.59. The van der Waals surface area contributed by atoms with E-state index < -0.39 is 0 Å². The SMILES string of the molecule is CCNC(c1cccc(OCC)c1)c1sccc1Br. The predicted octanol–water partition coefficient (Wildman–Crippen LogP) is 4.61. The third kappa shape index (κ3) is 3.59. The van der Waals surface area contributed by atoms with Crippen LogP contribution in [0.25, 0.3) is 0 Å². The van der Waals surface area contributed by atoms with E-state index in [2.05, 4.69) is 51.7 Å². The second kappa shape index (κ2) is 7.08. The molecule has 0 amide bonds. The number of thiophene rings is 1. The molecule has 0 radical (unpaired) electrons. The van der Waals surface area contributed by atoms with Crippen LogP contribution in [0.3, 0.4) is 0 Å². The highest BCUT2D eigenvalue weighted by Crippen LogP contribution is 2.34. The zero-order valence-corrected chi connectivity index (χ0v) is 13.6. The third-order valence-corrected chi connectivity index (χ3v) is 4.75. The fourth-order valence-electron chi connectivity index (χ4n) is 2.03. The topological polar surface area (TPSA) is 21.3 Å². The van der Waals surface area contributed by atoms with E-state index in [1.807, 2.05) is 19.1 Å². The molecule has 0 spiro atoms. The summed E-state index contributed by atoms with van der Waals surface area (Å²) in [6, 6.07) is 10.6. The molecule has 0 fully saturated rings. The molecule has 2 aromatic rings. The lowest BCUT2D eigenvalue weighted by atomic mass is 10.1. The first-order valence-electron chi connectivity index (χ1n) is 6.45. The van der Waals surface area contributed by atoms with E-state index in [9.17, 15) is 0 Å². The molecule has 0 saturated heterocycles. The molecular weight excluding hydrogens is 322 g/mol. The highest BCUT2D eigenvalue weighted by atomic mass is 79.9. The molecule has 1 aromatic carbocycles. The Hall–Kier alpha value is -0.840. The summed E-state index contributed by atoms with van der Waals surface area (Å²) in [7, 11) is 0. The Morgan fingerprint density at radius 2 is 2.16 bits per heavy atom. The Balaban J connectivity index is 2.33. The van der Waals surface area contributed by atoms with Gasteiger partial charge in [-0.05, 0) is 58.5 Å². The molecule has 19 heavy (non-hydrogen) atoms. The molecule has 0 aliphatic rings. The summed E-state index contributed by atoms with van der Waals surface area (Å²) < 4.78 is 6.74. The molecule has 1 N–H and O–H groups in total. The van der Waals surface area contributed by atoms with Gasteiger partial charge in [0.05, 0.1) is 12.6 Å². The third-order valence-electron chi connectivity index (χ3n) is 2.82. The summed E-state index contributed by atoms with van der Waals surface area (Å²) in [6.07, 6.45) is 0. The summed E-state index contributed by atoms with van der Waals surface area (Å²) in [5.74, 6) is 0.926. The first-order valence-corrected chi connectivity index (χ1v) is 8.12. The minimum Gasteiger partial charge on any atom is -0.494 e. The molecule has 0 bridgehead atoms. The van der Waals surface area contributed by atoms with Crippen LogP contribution in [-0.4, -0.2) is 13.2 Å². The second-order valence-corrected chi connectivity index (χ2v) is 5.93. The molecule has 0 saturated carbocycles. The van der Waals surface area contributed by atoms with E-state index in [1.54, 1.807) is 11.3 Å². The van der Waals surface area contributed by atoms with Crippen LogP contribution in [0.2, 0.25) is 0 Å². The maximum Gasteiger partial charge on any atom is 0.119 e. The number of benzene rings is 1. The summed E-state index contributed by atoms with van der Waals surface area (Å²) in [6.45, 7) is 5.75. The Morgan fingerprint density at radius 3 is 2.79 bits per heavy atom. The Bertz CT molecular complexity index is 526. The lowest BCUT2D eigenvalue weighted by Gasteiger charge is -2.18. The van der Waals surface area contributed by atoms with Crippen molar-refractivity contribution in [3.63, 3.8) is 0 Å². The van der Waals surface area contributed by atoms with E-state index in [0.717, 1.165) is 16.8 Å². The van der Waals surface area contributed by atoms with Gasteiger partial charge in [-0.15, -0.1) is 11.3 Å². The van der Waals surface area contributed by atoms with Gasteiger partial charge >= 0.3 is 0 Å². The fourth-order valence-corrected chi connectivity index (χ4v) is 3.73. The number of ether oxygens (including phenoxy) is 1. The van der Waals surface area contributed by atoms with Gasteiger partial charge in [-0.2, -0.15) is 0 Å². The van der Waals surface area contributed by atoms with Gasteiger partial charge in [0.25, 0.3) is 0 Å². The minimum absolute atomic E-state index is 0.208. The van der Waals surface area contributed by atoms with Crippen molar-refractivity contribution in [3.05, 3.63) is 50.6 Å². The van der Waals surface area contributed by atoms with Crippen molar-refractivity contribution in [2.45, 2.75) is 19.9 Å². The van der Waals surface area contributed by atoms with Crippen molar-refractivity contribution < 1.29 is 4.74 Å². The summed E-state index contributed by atoms with van der Waals surface area (Å²) in [5, 5.41) is 5.64. The molecule has 1 heterocycles. The van der Waals surface area contributed by atoms with Crippen LogP contribution in [0.4, 0.5) is 0 Å². The van der Waals surface area contributed by atoms with Crippen LogP contribution >= 0.6 is 27.3 Å². The van der Waals surface area contributed by atoms with Gasteiger partial charge in [0.15, 0.2) is 0 Å². The van der Waals surface area contributed by atoms with Crippen LogP contribution in [0.15, 0.2) is 40.2 Å². The molecule has 102 valence electrons. The molecule has 4 heteroatoms. The molecule has 0 aliphatic heterocycles. The number of hydrogen-bond donors (Lipinski definition) is 1. The highest BCUT2D eigenvalue weighted by Gasteiger charge is 2.17. The second-order valence-electron chi connectivity index (χ2n) is 4.13. The highest BCUT2D eigenvalue weighted by molar-refractivity contribution is 9.10. The first kappa shape index (κ1) is 14.6. The van der Waals surface area contributed by atoms with Crippen molar-refractivity contribution in [2.75, 3.05) is 13.2 Å². The van der Waals surface area contributed by atoms with E-state index in [1.165, 1.54) is 10.4 Å². The van der Waals surface area contributed by atoms with Crippen molar-refractivity contribution in [3.8, 4) is 5.75 Å². The minimum atomic E-state index is 0.208. The van der Waals surface area contributed by atoms with Gasteiger partial charge < -0.3 is 10.1 Å². The number of halogens is 1. The van der Waals surface area contributed by atoms with Crippen LogP contribution < -0.4 is 10.1 Å². The number of hydrogen-bond acceptors (Lipinski definition) is 3. The predicted molar refractivity (Wildman–Crippen MR) is 85.1 cm³/mol. The van der Waals surface area contributed by atoms with Gasteiger partial charge in [0.1, 0.15) is 5.75 Å². The van der Waals surface area contributed by atoms with Crippen LogP contribution in [-0.2, 0) is 0 Å². The van der Waals surface area contributed by atoms with Crippen LogP contribution in [0.5, 0.6) is 5.75 Å². The largest absolute Gasteiger partial charge is 0.494 e. The molecular formula is C15H18BrNOS. The Morgan fingerprint density at radius 1 is 1.32 bits per heavy atom. The molecule has 1 atom stereocenters. The number of nitrogens with one attached hydrogen (secondary N) is 1. The van der Waals surface area contributed by atoms with E-state index in [-0.39, 0.29) is 6.04 Å². The van der Waals surface area contributed by atoms with Gasteiger partial charge in [0, 0.05) is 9.35 Å². The summed E-state index contributed by atoms with van der Waals surface area (Å²) >= 11 is 5.38. The zero-order valence-electron chi connectivity index (χ0n) is 11.2. The first-order chi connectivity index (χ1) is 9.26. The fraction of sp³-hybridized carbons (Fsp3) is 0.333. The van der Waals surface area contributed by atoms with E-state index in [4.69, 9.17) is 4.74 Å². The standard InChI is InChI=1S/C15H18BrNOS/c1-3-17-14(15-13(16)8-9-19-15)11-6-5-7-12(10-11)18-4-2/h5-10,14,17H,3-4H2,1-2H3. The zero-order chi connectivity index (χ0) is 13.7. The average Bonchev–Trinajstić information content (AvgIpc) is 2.83. The smallest absolute Gasteiger partial charge is 0.119 e. The molecule has 0 aliphatic carbocycles. The van der Waals surface area contributed by atoms with Crippen molar-refractivity contribution in [1.82, 2.24) is 5.32 Å². The Labute approximate surface area is 126 Å². The number of rotatable bonds is 6. The summed E-state index contributed by atoms with van der Waals surface area (Å²) in [4.78, 5) is 1.30. The normalized spacial score (nSPS) is 12.4. The van der Waals surface area contributed by atoms with Gasteiger partial charge in [-0.1, -0.05) is 19.1 Å². The molecule has 2 nitrogen and oxygen atoms in total. The van der Waals surface area contributed by atoms with Gasteiger partial charge in [0.2, 0.25) is 0 Å². The van der Waals surface area contributed by atoms with Gasteiger partial charge in [-0.3, -0.25) is 0 Å². The Kier molecular flexibility index (Phi) is 5.43. The average molecular weight is 340 g/mol. The molecule has 1 unspecified atom stereocenters. The van der Waals surface area contributed by atoms with Crippen molar-refractivity contribution in [1.29, 1.82) is 0 Å². The molecule has 2 rings (SSSR count). The van der Waals surface area contributed by atoms with Gasteiger partial charge in [-0.25, -0.2) is 0 Å². The lowest BCUT2D eigenvalue weighted by Crippen LogP contribution is -2.21. The van der Waals surface area contributed by atoms with Crippen LogP contribution in [0.1, 0.15) is 30.3 Å². The molecule has 1 aromatic heterocycles.